The molecule has 2 heteroatoms. The van der Waals surface area contributed by atoms with Gasteiger partial charge in [0, 0.05) is 25.3 Å². The minimum atomic E-state index is 0.771. The van der Waals surface area contributed by atoms with Gasteiger partial charge in [-0.3, -0.25) is 0 Å². The van der Waals surface area contributed by atoms with Crippen molar-refractivity contribution in [2.45, 2.75) is 53.5 Å². The van der Waals surface area contributed by atoms with Gasteiger partial charge in [-0.05, 0) is 54.8 Å². The van der Waals surface area contributed by atoms with E-state index in [2.05, 4.69) is 56.1 Å². The normalized spacial score (nSPS) is 14.6. The van der Waals surface area contributed by atoms with Gasteiger partial charge in [0.2, 0.25) is 0 Å². The number of nitrogens with one attached hydrogen (secondary N) is 1. The van der Waals surface area contributed by atoms with Crippen LogP contribution in [0.2, 0.25) is 0 Å². The highest BCUT2D eigenvalue weighted by Crippen LogP contribution is 2.27. The Hall–Kier alpha value is -1.02. The smallest absolute Gasteiger partial charge is 0.0402 e. The average molecular weight is 288 g/mol. The first kappa shape index (κ1) is 16.4. The van der Waals surface area contributed by atoms with E-state index in [0.717, 1.165) is 24.9 Å². The van der Waals surface area contributed by atoms with E-state index in [0.29, 0.717) is 0 Å². The molecule has 0 aliphatic carbocycles. The summed E-state index contributed by atoms with van der Waals surface area (Å²) in [5.41, 5.74) is 4.58. The third-order valence-electron chi connectivity index (χ3n) is 4.41. The van der Waals surface area contributed by atoms with Crippen molar-refractivity contribution in [1.82, 2.24) is 5.32 Å². The summed E-state index contributed by atoms with van der Waals surface area (Å²) in [6, 6.07) is 6.86. The van der Waals surface area contributed by atoms with Gasteiger partial charge in [0.15, 0.2) is 0 Å². The van der Waals surface area contributed by atoms with E-state index in [4.69, 9.17) is 0 Å². The molecule has 0 saturated carbocycles. The molecule has 0 unspecified atom stereocenters. The molecule has 1 aromatic carbocycles. The monoisotopic (exact) mass is 288 g/mol. The van der Waals surface area contributed by atoms with Crippen molar-refractivity contribution in [2.24, 2.45) is 11.8 Å². The molecule has 1 heterocycles. The van der Waals surface area contributed by atoms with Crippen molar-refractivity contribution in [3.63, 3.8) is 0 Å². The van der Waals surface area contributed by atoms with Crippen molar-refractivity contribution in [2.75, 3.05) is 24.5 Å². The van der Waals surface area contributed by atoms with Gasteiger partial charge in [0.1, 0.15) is 0 Å². The number of rotatable bonds is 7. The van der Waals surface area contributed by atoms with Gasteiger partial charge in [-0.1, -0.05) is 39.8 Å². The molecule has 1 aromatic rings. The summed E-state index contributed by atoms with van der Waals surface area (Å²) in [7, 11) is 0. The lowest BCUT2D eigenvalue weighted by Crippen LogP contribution is -2.31. The van der Waals surface area contributed by atoms with Crippen LogP contribution in [0.4, 0.5) is 5.69 Å². The maximum atomic E-state index is 3.49. The van der Waals surface area contributed by atoms with E-state index in [9.17, 15) is 0 Å². The van der Waals surface area contributed by atoms with Crippen LogP contribution in [0.15, 0.2) is 18.2 Å². The fourth-order valence-corrected chi connectivity index (χ4v) is 2.99. The minimum absolute atomic E-state index is 0.771. The summed E-state index contributed by atoms with van der Waals surface area (Å²) < 4.78 is 0. The van der Waals surface area contributed by atoms with E-state index >= 15 is 0 Å². The summed E-state index contributed by atoms with van der Waals surface area (Å²) in [4.78, 5) is 2.64. The van der Waals surface area contributed by atoms with Crippen LogP contribution in [0.1, 0.15) is 51.7 Å². The first-order chi connectivity index (χ1) is 10.1. The zero-order chi connectivity index (χ0) is 15.2. The first-order valence-corrected chi connectivity index (χ1v) is 8.64. The molecule has 0 radical (unpaired) electrons. The fourth-order valence-electron chi connectivity index (χ4n) is 2.99. The van der Waals surface area contributed by atoms with Gasteiger partial charge >= 0.3 is 0 Å². The summed E-state index contributed by atoms with van der Waals surface area (Å²) in [6.07, 6.45) is 3.73. The molecule has 1 aliphatic heterocycles. The minimum Gasteiger partial charge on any atom is -0.371 e. The zero-order valence-electron chi connectivity index (χ0n) is 14.3. The Labute approximate surface area is 130 Å². The van der Waals surface area contributed by atoms with Crippen molar-refractivity contribution in [3.8, 4) is 0 Å². The second-order valence-electron chi connectivity index (χ2n) is 7.19. The van der Waals surface area contributed by atoms with Crippen LogP contribution >= 0.6 is 0 Å². The third-order valence-corrected chi connectivity index (χ3v) is 4.41. The van der Waals surface area contributed by atoms with Crippen molar-refractivity contribution in [3.05, 3.63) is 29.3 Å². The molecular weight excluding hydrogens is 256 g/mol. The number of hydrogen-bond acceptors (Lipinski definition) is 2. The number of anilines is 1. The molecular formula is C19H32N2. The molecule has 0 spiro atoms. The molecule has 2 nitrogen and oxygen atoms in total. The molecule has 2 rings (SSSR count). The van der Waals surface area contributed by atoms with Crippen LogP contribution in [0.25, 0.3) is 0 Å². The van der Waals surface area contributed by atoms with Crippen molar-refractivity contribution in [1.29, 1.82) is 0 Å². The number of benzene rings is 1. The summed E-state index contributed by atoms with van der Waals surface area (Å²) in [5, 5.41) is 3.49. The SMILES string of the molecule is CC(C)CCN(CCC(C)C)c1cccc2c1CCNC2. The third kappa shape index (κ3) is 4.74. The average Bonchev–Trinajstić information content (AvgIpc) is 2.46. The lowest BCUT2D eigenvalue weighted by Gasteiger charge is -2.31. The van der Waals surface area contributed by atoms with Gasteiger partial charge in [0.25, 0.3) is 0 Å². The molecule has 118 valence electrons. The largest absolute Gasteiger partial charge is 0.371 e. The molecule has 0 aromatic heterocycles. The van der Waals surface area contributed by atoms with E-state index < -0.39 is 0 Å². The van der Waals surface area contributed by atoms with Crippen LogP contribution in [-0.2, 0) is 13.0 Å². The standard InChI is InChI=1S/C19H32N2/c1-15(2)9-12-21(13-10-16(3)4)19-7-5-6-17-14-20-11-8-18(17)19/h5-7,15-16,20H,8-14H2,1-4H3. The second kappa shape index (κ2) is 7.84. The van der Waals surface area contributed by atoms with E-state index in [1.54, 1.807) is 5.56 Å². The highest BCUT2D eigenvalue weighted by Gasteiger charge is 2.17. The van der Waals surface area contributed by atoms with E-state index in [-0.39, 0.29) is 0 Å². The number of fused-ring (bicyclic) bond motifs is 1. The summed E-state index contributed by atoms with van der Waals surface area (Å²) >= 11 is 0. The van der Waals surface area contributed by atoms with Crippen LogP contribution in [0.5, 0.6) is 0 Å². The Morgan fingerprint density at radius 3 is 2.33 bits per heavy atom. The fraction of sp³-hybridized carbons (Fsp3) is 0.684. The van der Waals surface area contributed by atoms with E-state index in [1.807, 2.05) is 0 Å². The summed E-state index contributed by atoms with van der Waals surface area (Å²) in [6.45, 7) is 13.8. The highest BCUT2D eigenvalue weighted by molar-refractivity contribution is 5.57. The predicted octanol–water partition coefficient (Wildman–Crippen LogP) is 4.23. The predicted molar refractivity (Wildman–Crippen MR) is 93.0 cm³/mol. The van der Waals surface area contributed by atoms with Crippen molar-refractivity contribution < 1.29 is 0 Å². The van der Waals surface area contributed by atoms with Crippen LogP contribution in [0.3, 0.4) is 0 Å². The molecule has 0 amide bonds. The Bertz CT molecular complexity index is 425. The summed E-state index contributed by atoms with van der Waals surface area (Å²) in [5.74, 6) is 1.54. The molecule has 21 heavy (non-hydrogen) atoms. The molecule has 0 saturated heterocycles. The zero-order valence-corrected chi connectivity index (χ0v) is 14.3. The van der Waals surface area contributed by atoms with Crippen LogP contribution in [-0.4, -0.2) is 19.6 Å². The molecule has 0 fully saturated rings. The molecule has 1 N–H and O–H groups in total. The molecule has 1 aliphatic rings. The second-order valence-corrected chi connectivity index (χ2v) is 7.19. The maximum absolute atomic E-state index is 3.49. The van der Waals surface area contributed by atoms with Gasteiger partial charge in [0.05, 0.1) is 0 Å². The van der Waals surface area contributed by atoms with Crippen LogP contribution < -0.4 is 10.2 Å². The number of hydrogen-bond donors (Lipinski definition) is 1. The Morgan fingerprint density at radius 2 is 1.71 bits per heavy atom. The number of nitrogens with zero attached hydrogens (tertiary/aromatic N) is 1. The molecule has 0 bridgehead atoms. The Kier molecular flexibility index (Phi) is 6.10. The molecule has 0 atom stereocenters. The van der Waals surface area contributed by atoms with E-state index in [1.165, 1.54) is 43.6 Å². The van der Waals surface area contributed by atoms with Gasteiger partial charge in [-0.15, -0.1) is 0 Å². The van der Waals surface area contributed by atoms with Gasteiger partial charge < -0.3 is 10.2 Å². The van der Waals surface area contributed by atoms with Gasteiger partial charge in [-0.25, -0.2) is 0 Å². The lowest BCUT2D eigenvalue weighted by molar-refractivity contribution is 0.533. The lowest BCUT2D eigenvalue weighted by atomic mass is 9.97. The first-order valence-electron chi connectivity index (χ1n) is 8.64. The van der Waals surface area contributed by atoms with Gasteiger partial charge in [-0.2, -0.15) is 0 Å². The van der Waals surface area contributed by atoms with Crippen molar-refractivity contribution >= 4 is 5.69 Å². The topological polar surface area (TPSA) is 15.3 Å². The highest BCUT2D eigenvalue weighted by atomic mass is 15.1. The van der Waals surface area contributed by atoms with Crippen LogP contribution in [0, 0.1) is 11.8 Å². The Balaban J connectivity index is 2.18. The Morgan fingerprint density at radius 1 is 1.05 bits per heavy atom. The maximum Gasteiger partial charge on any atom is 0.0402 e. The quantitative estimate of drug-likeness (QED) is 0.807.